The van der Waals surface area contributed by atoms with Crippen LogP contribution in [-0.4, -0.2) is 71.3 Å². The van der Waals surface area contributed by atoms with Crippen LogP contribution in [0, 0.1) is 20.8 Å². The summed E-state index contributed by atoms with van der Waals surface area (Å²) in [4.78, 5) is 52.9. The Morgan fingerprint density at radius 1 is 0.872 bits per heavy atom. The molecule has 4 N–H and O–H groups in total. The zero-order valence-corrected chi connectivity index (χ0v) is 27.6. The SMILES string of the molecule is Cc1cc(C(=O)Nc2cn(C)c(C(=O)O)n2)n(C)c1.Cc1cc(C(=O)On2nnc3cccnc32)n(C)c1.Cc1nc(N)cn1C.Cl. The number of imidazole rings is 2. The van der Waals surface area contributed by atoms with E-state index in [1.54, 1.807) is 66.9 Å². The molecule has 6 aromatic rings. The summed E-state index contributed by atoms with van der Waals surface area (Å²) in [5.74, 6) is -0.356. The maximum Gasteiger partial charge on any atom is 0.382 e. The summed E-state index contributed by atoms with van der Waals surface area (Å²) < 4.78 is 6.62. The first kappa shape index (κ1) is 35.5. The average molecular weight is 667 g/mol. The van der Waals surface area contributed by atoms with E-state index < -0.39 is 11.9 Å². The number of nitrogens with zero attached hydrogens (tertiary/aromatic N) is 10. The lowest BCUT2D eigenvalue weighted by atomic mass is 10.3. The van der Waals surface area contributed by atoms with Crippen molar-refractivity contribution < 1.29 is 24.3 Å². The monoisotopic (exact) mass is 666 g/mol. The number of aromatic carboxylic acids is 1. The number of carbonyl (C=O) groups excluding carboxylic acids is 2. The normalized spacial score (nSPS) is 10.3. The number of anilines is 2. The molecule has 6 heterocycles. The van der Waals surface area contributed by atoms with E-state index in [2.05, 4.69) is 30.6 Å². The van der Waals surface area contributed by atoms with Crippen LogP contribution in [-0.2, 0) is 28.2 Å². The third-order valence-electron chi connectivity index (χ3n) is 6.51. The summed E-state index contributed by atoms with van der Waals surface area (Å²) in [7, 11) is 7.02. The van der Waals surface area contributed by atoms with E-state index >= 15 is 0 Å². The van der Waals surface area contributed by atoms with Gasteiger partial charge in [-0.3, -0.25) is 4.79 Å². The second-order valence-corrected chi connectivity index (χ2v) is 10.4. The Hall–Kier alpha value is -5.97. The molecule has 0 aliphatic rings. The number of hydrogen-bond acceptors (Lipinski definition) is 10. The molecular formula is C29H35ClN12O5. The second kappa shape index (κ2) is 14.9. The number of rotatable bonds is 5. The smallest absolute Gasteiger partial charge is 0.382 e. The highest BCUT2D eigenvalue weighted by atomic mass is 35.5. The van der Waals surface area contributed by atoms with Gasteiger partial charge in [0, 0.05) is 59.2 Å². The van der Waals surface area contributed by atoms with E-state index in [0.29, 0.717) is 28.4 Å². The number of halogens is 1. The van der Waals surface area contributed by atoms with Crippen LogP contribution in [0.3, 0.4) is 0 Å². The number of carbonyl (C=O) groups is 3. The molecule has 6 aromatic heterocycles. The van der Waals surface area contributed by atoms with Gasteiger partial charge in [0.2, 0.25) is 11.5 Å². The molecule has 0 atom stereocenters. The molecule has 0 saturated heterocycles. The number of nitrogen functional groups attached to an aromatic ring is 1. The van der Waals surface area contributed by atoms with Crippen molar-refractivity contribution >= 4 is 53.1 Å². The quantitative estimate of drug-likeness (QED) is 0.228. The molecule has 0 saturated carbocycles. The van der Waals surface area contributed by atoms with Crippen molar-refractivity contribution in [2.45, 2.75) is 20.8 Å². The van der Waals surface area contributed by atoms with Gasteiger partial charge in [-0.2, -0.15) is 0 Å². The van der Waals surface area contributed by atoms with Crippen molar-refractivity contribution in [3.05, 3.63) is 89.4 Å². The zero-order valence-electron chi connectivity index (χ0n) is 26.7. The summed E-state index contributed by atoms with van der Waals surface area (Å²) in [5, 5.41) is 19.1. The Morgan fingerprint density at radius 2 is 1.51 bits per heavy atom. The molecule has 18 heteroatoms. The van der Waals surface area contributed by atoms with Crippen LogP contribution in [0.4, 0.5) is 11.6 Å². The van der Waals surface area contributed by atoms with Crippen molar-refractivity contribution in [1.29, 1.82) is 0 Å². The number of carboxylic acids is 1. The number of carboxylic acid groups (broad SMARTS) is 1. The van der Waals surface area contributed by atoms with E-state index in [0.717, 1.165) is 21.8 Å². The first-order valence-electron chi connectivity index (χ1n) is 13.7. The molecular weight excluding hydrogens is 632 g/mol. The van der Waals surface area contributed by atoms with Crippen LogP contribution in [0.25, 0.3) is 11.2 Å². The molecule has 0 aromatic carbocycles. The molecule has 248 valence electrons. The minimum absolute atomic E-state index is 0. The summed E-state index contributed by atoms with van der Waals surface area (Å²) in [6.45, 7) is 5.71. The molecule has 1 amide bonds. The average Bonchev–Trinajstić information content (AvgIpc) is 3.79. The molecule has 0 aliphatic heterocycles. The predicted octanol–water partition coefficient (Wildman–Crippen LogP) is 2.49. The Bertz CT molecular complexity index is 2010. The Kier molecular flexibility index (Phi) is 11.2. The largest absolute Gasteiger partial charge is 0.475 e. The van der Waals surface area contributed by atoms with Gasteiger partial charge >= 0.3 is 11.9 Å². The molecule has 17 nitrogen and oxygen atoms in total. The van der Waals surface area contributed by atoms with Crippen LogP contribution < -0.4 is 15.9 Å². The minimum Gasteiger partial charge on any atom is -0.475 e. The first-order valence-corrected chi connectivity index (χ1v) is 13.7. The number of aryl methyl sites for hydroxylation is 7. The van der Waals surface area contributed by atoms with Gasteiger partial charge in [0.15, 0.2) is 5.82 Å². The number of amides is 1. The highest BCUT2D eigenvalue weighted by molar-refractivity contribution is 6.03. The molecule has 47 heavy (non-hydrogen) atoms. The van der Waals surface area contributed by atoms with Gasteiger partial charge < -0.3 is 39.3 Å². The van der Waals surface area contributed by atoms with Crippen molar-refractivity contribution in [3.63, 3.8) is 0 Å². The number of aromatic nitrogens is 10. The van der Waals surface area contributed by atoms with Crippen LogP contribution in [0.15, 0.2) is 55.2 Å². The fourth-order valence-corrected chi connectivity index (χ4v) is 4.31. The lowest BCUT2D eigenvalue weighted by Gasteiger charge is -2.03. The molecule has 0 unspecified atom stereocenters. The lowest BCUT2D eigenvalue weighted by molar-refractivity contribution is 0.0394. The molecule has 0 radical (unpaired) electrons. The van der Waals surface area contributed by atoms with E-state index in [9.17, 15) is 14.4 Å². The van der Waals surface area contributed by atoms with Crippen molar-refractivity contribution in [2.24, 2.45) is 28.2 Å². The summed E-state index contributed by atoms with van der Waals surface area (Å²) in [5.41, 5.74) is 9.20. The Labute approximate surface area is 275 Å². The third-order valence-corrected chi connectivity index (χ3v) is 6.51. The maximum atomic E-state index is 12.0. The summed E-state index contributed by atoms with van der Waals surface area (Å²) in [6, 6.07) is 6.97. The fraction of sp³-hybridized carbons (Fsp3) is 0.241. The number of hydrogen-bond donors (Lipinski definition) is 3. The third kappa shape index (κ3) is 8.60. The zero-order chi connectivity index (χ0) is 33.7. The highest BCUT2D eigenvalue weighted by Gasteiger charge is 2.17. The van der Waals surface area contributed by atoms with Gasteiger partial charge in [-0.1, -0.05) is 0 Å². The number of nitrogens with one attached hydrogen (secondary N) is 1. The number of fused-ring (bicyclic) bond motifs is 1. The van der Waals surface area contributed by atoms with Crippen LogP contribution in [0.2, 0.25) is 0 Å². The molecule has 0 fully saturated rings. The van der Waals surface area contributed by atoms with Gasteiger partial charge in [0.25, 0.3) is 5.91 Å². The Morgan fingerprint density at radius 3 is 2.00 bits per heavy atom. The standard InChI is InChI=1S/C12H11N5O2.C12H14N4O3.C5H9N3.ClH/c1-8-6-10(16(2)7-8)12(18)19-17-11-9(14-15-17)4-3-5-13-11;1-7-4-8(15(2)5-7)11(17)14-9-6-16(3)10(13-9)12(18)19;1-4-7-5(6)3-8(4)2;/h3-7H,1-2H3;4-6H,1-3H3,(H,14,17)(H,18,19);3H,6H2,1-2H3;1H. The topological polar surface area (TPSA) is 208 Å². The molecule has 0 aliphatic carbocycles. The summed E-state index contributed by atoms with van der Waals surface area (Å²) in [6.07, 6.45) is 8.50. The van der Waals surface area contributed by atoms with Gasteiger partial charge in [-0.25, -0.2) is 24.5 Å². The van der Waals surface area contributed by atoms with Gasteiger partial charge in [0.05, 0.1) is 0 Å². The van der Waals surface area contributed by atoms with Gasteiger partial charge in [0.1, 0.15) is 28.5 Å². The predicted molar refractivity (Wildman–Crippen MR) is 174 cm³/mol. The van der Waals surface area contributed by atoms with Gasteiger partial charge in [-0.05, 0) is 66.2 Å². The van der Waals surface area contributed by atoms with Crippen molar-refractivity contribution in [1.82, 2.24) is 48.4 Å². The van der Waals surface area contributed by atoms with Crippen molar-refractivity contribution in [3.8, 4) is 0 Å². The maximum absolute atomic E-state index is 12.0. The van der Waals surface area contributed by atoms with E-state index in [1.165, 1.54) is 10.8 Å². The fourth-order valence-electron chi connectivity index (χ4n) is 4.31. The van der Waals surface area contributed by atoms with E-state index in [1.807, 2.05) is 44.8 Å². The van der Waals surface area contributed by atoms with Crippen LogP contribution in [0.1, 0.15) is 48.5 Å². The first-order chi connectivity index (χ1) is 21.7. The highest BCUT2D eigenvalue weighted by Crippen LogP contribution is 2.12. The minimum atomic E-state index is -1.14. The Balaban J connectivity index is 0.000000205. The summed E-state index contributed by atoms with van der Waals surface area (Å²) >= 11 is 0. The van der Waals surface area contributed by atoms with E-state index in [4.69, 9.17) is 15.7 Å². The van der Waals surface area contributed by atoms with Gasteiger partial charge in [-0.15, -0.1) is 17.5 Å². The number of pyridine rings is 1. The lowest BCUT2D eigenvalue weighted by Crippen LogP contribution is -2.23. The van der Waals surface area contributed by atoms with Crippen LogP contribution in [0.5, 0.6) is 0 Å². The molecule has 6 rings (SSSR count). The van der Waals surface area contributed by atoms with Crippen molar-refractivity contribution in [2.75, 3.05) is 11.1 Å². The van der Waals surface area contributed by atoms with E-state index in [-0.39, 0.29) is 30.0 Å². The second-order valence-electron chi connectivity index (χ2n) is 10.4. The molecule has 0 bridgehead atoms. The number of nitrogens with two attached hydrogens (primary N) is 1. The molecule has 0 spiro atoms. The van der Waals surface area contributed by atoms with Crippen LogP contribution >= 0.6 is 12.4 Å².